The Hall–Kier alpha value is -1.90. The van der Waals surface area contributed by atoms with Gasteiger partial charge in [-0.05, 0) is 44.7 Å². The minimum absolute atomic E-state index is 0.0308. The molecule has 0 spiro atoms. The molecule has 1 aliphatic rings. The lowest BCUT2D eigenvalue weighted by Crippen LogP contribution is -2.32. The molecule has 1 aromatic rings. The van der Waals surface area contributed by atoms with Gasteiger partial charge < -0.3 is 5.11 Å². The maximum Gasteiger partial charge on any atom is 0.307 e. The number of hydrogen-bond donors (Lipinski definition) is 1. The molecule has 0 bridgehead atoms. The average Bonchev–Trinajstić information content (AvgIpc) is 2.37. The standard InChI is InChI=1S/C17H20O3/c1-10-8-11(2)15(12(3)9-10)16(18)13-6-4-5-7-14(13)17(19)20/h4-5,8-9,13-14H,6-7H2,1-3H3,(H,19,20). The summed E-state index contributed by atoms with van der Waals surface area (Å²) < 4.78 is 0. The SMILES string of the molecule is Cc1cc(C)c(C(=O)C2CC=CCC2C(=O)O)c(C)c1. The molecule has 0 amide bonds. The molecule has 0 radical (unpaired) electrons. The van der Waals surface area contributed by atoms with E-state index in [-0.39, 0.29) is 5.78 Å². The molecular weight excluding hydrogens is 252 g/mol. The molecule has 106 valence electrons. The Morgan fingerprint density at radius 2 is 1.50 bits per heavy atom. The fourth-order valence-corrected chi connectivity index (χ4v) is 3.13. The summed E-state index contributed by atoms with van der Waals surface area (Å²) >= 11 is 0. The number of allylic oxidation sites excluding steroid dienone is 2. The van der Waals surface area contributed by atoms with Crippen LogP contribution in [0, 0.1) is 32.6 Å². The first-order valence-electron chi connectivity index (χ1n) is 6.91. The molecule has 1 aliphatic carbocycles. The van der Waals surface area contributed by atoms with Crippen LogP contribution in [0.15, 0.2) is 24.3 Å². The molecule has 0 saturated carbocycles. The highest BCUT2D eigenvalue weighted by molar-refractivity contribution is 6.02. The largest absolute Gasteiger partial charge is 0.481 e. The predicted molar refractivity (Wildman–Crippen MR) is 78.0 cm³/mol. The maximum absolute atomic E-state index is 12.8. The molecule has 1 N–H and O–H groups in total. The number of Topliss-reactive ketones (excluding diaryl/α,β-unsaturated/α-hetero) is 1. The summed E-state index contributed by atoms with van der Waals surface area (Å²) in [4.78, 5) is 24.1. The van der Waals surface area contributed by atoms with E-state index >= 15 is 0 Å². The van der Waals surface area contributed by atoms with Gasteiger partial charge in [-0.1, -0.05) is 29.8 Å². The predicted octanol–water partition coefficient (Wildman–Crippen LogP) is 3.46. The fraction of sp³-hybridized carbons (Fsp3) is 0.412. The Bertz CT molecular complexity index is 561. The average molecular weight is 272 g/mol. The van der Waals surface area contributed by atoms with Gasteiger partial charge >= 0.3 is 5.97 Å². The summed E-state index contributed by atoms with van der Waals surface area (Å²) in [7, 11) is 0. The first-order valence-corrected chi connectivity index (χ1v) is 6.91. The number of carbonyl (C=O) groups is 2. The number of hydrogen-bond acceptors (Lipinski definition) is 2. The second-order valence-electron chi connectivity index (χ2n) is 5.63. The lowest BCUT2D eigenvalue weighted by molar-refractivity contribution is -0.143. The summed E-state index contributed by atoms with van der Waals surface area (Å²) in [5.41, 5.74) is 3.69. The van der Waals surface area contributed by atoms with Crippen LogP contribution in [0.2, 0.25) is 0 Å². The van der Waals surface area contributed by atoms with Crippen molar-refractivity contribution in [3.8, 4) is 0 Å². The fourth-order valence-electron chi connectivity index (χ4n) is 3.13. The normalized spacial score (nSPS) is 21.8. The van der Waals surface area contributed by atoms with Gasteiger partial charge in [-0.3, -0.25) is 9.59 Å². The molecule has 3 nitrogen and oxygen atoms in total. The van der Waals surface area contributed by atoms with E-state index in [1.807, 2.05) is 45.1 Å². The van der Waals surface area contributed by atoms with Crippen molar-refractivity contribution in [3.05, 3.63) is 46.5 Å². The Balaban J connectivity index is 2.40. The van der Waals surface area contributed by atoms with E-state index < -0.39 is 17.8 Å². The van der Waals surface area contributed by atoms with Crippen LogP contribution >= 0.6 is 0 Å². The molecule has 3 heteroatoms. The summed E-state index contributed by atoms with van der Waals surface area (Å²) in [5.74, 6) is -1.96. The highest BCUT2D eigenvalue weighted by atomic mass is 16.4. The van der Waals surface area contributed by atoms with Crippen molar-refractivity contribution in [1.29, 1.82) is 0 Å². The van der Waals surface area contributed by atoms with Gasteiger partial charge in [-0.2, -0.15) is 0 Å². The first-order chi connectivity index (χ1) is 9.41. The van der Waals surface area contributed by atoms with Crippen molar-refractivity contribution in [3.63, 3.8) is 0 Å². The molecule has 0 heterocycles. The smallest absolute Gasteiger partial charge is 0.307 e. The molecule has 0 fully saturated rings. The van der Waals surface area contributed by atoms with E-state index in [1.165, 1.54) is 0 Å². The number of aryl methyl sites for hydroxylation is 3. The zero-order valence-electron chi connectivity index (χ0n) is 12.1. The number of carbonyl (C=O) groups excluding carboxylic acids is 1. The number of benzene rings is 1. The summed E-state index contributed by atoms with van der Waals surface area (Å²) in [6.45, 7) is 5.83. The van der Waals surface area contributed by atoms with Crippen molar-refractivity contribution < 1.29 is 14.7 Å². The third kappa shape index (κ3) is 2.67. The molecule has 1 aromatic carbocycles. The van der Waals surface area contributed by atoms with Crippen LogP contribution in [-0.4, -0.2) is 16.9 Å². The topological polar surface area (TPSA) is 54.4 Å². The number of ketones is 1. The van der Waals surface area contributed by atoms with E-state index in [4.69, 9.17) is 0 Å². The molecular formula is C17H20O3. The van der Waals surface area contributed by atoms with Crippen LogP contribution < -0.4 is 0 Å². The van der Waals surface area contributed by atoms with Gasteiger partial charge in [0.2, 0.25) is 0 Å². The van der Waals surface area contributed by atoms with Crippen molar-refractivity contribution in [2.24, 2.45) is 11.8 Å². The van der Waals surface area contributed by atoms with E-state index in [9.17, 15) is 14.7 Å². The Morgan fingerprint density at radius 3 is 2.00 bits per heavy atom. The molecule has 20 heavy (non-hydrogen) atoms. The second kappa shape index (κ2) is 5.61. The van der Waals surface area contributed by atoms with Gasteiger partial charge in [-0.25, -0.2) is 0 Å². The van der Waals surface area contributed by atoms with Crippen LogP contribution in [0.5, 0.6) is 0 Å². The van der Waals surface area contributed by atoms with Crippen LogP contribution in [0.3, 0.4) is 0 Å². The molecule has 0 aliphatic heterocycles. The van der Waals surface area contributed by atoms with E-state index in [0.717, 1.165) is 16.7 Å². The highest BCUT2D eigenvalue weighted by Crippen LogP contribution is 2.31. The quantitative estimate of drug-likeness (QED) is 0.677. The molecule has 2 unspecified atom stereocenters. The number of carboxylic acid groups (broad SMARTS) is 1. The summed E-state index contributed by atoms with van der Waals surface area (Å²) in [5, 5.41) is 9.30. The van der Waals surface area contributed by atoms with E-state index in [2.05, 4.69) is 0 Å². The Morgan fingerprint density at radius 1 is 1.00 bits per heavy atom. The zero-order valence-corrected chi connectivity index (χ0v) is 12.1. The Labute approximate surface area is 119 Å². The van der Waals surface area contributed by atoms with E-state index in [1.54, 1.807) is 0 Å². The lowest BCUT2D eigenvalue weighted by atomic mass is 9.77. The molecule has 2 atom stereocenters. The monoisotopic (exact) mass is 272 g/mol. The van der Waals surface area contributed by atoms with Gasteiger partial charge in [0.1, 0.15) is 0 Å². The first kappa shape index (κ1) is 14.5. The summed E-state index contributed by atoms with van der Waals surface area (Å²) in [6.07, 6.45) is 4.73. The Kier molecular flexibility index (Phi) is 4.07. The van der Waals surface area contributed by atoms with Crippen LogP contribution in [0.25, 0.3) is 0 Å². The minimum atomic E-state index is -0.880. The molecule has 0 saturated heterocycles. The number of carboxylic acids is 1. The van der Waals surface area contributed by atoms with Crippen molar-refractivity contribution in [2.75, 3.05) is 0 Å². The highest BCUT2D eigenvalue weighted by Gasteiger charge is 2.35. The van der Waals surface area contributed by atoms with Crippen molar-refractivity contribution >= 4 is 11.8 Å². The second-order valence-corrected chi connectivity index (χ2v) is 5.63. The van der Waals surface area contributed by atoms with Crippen molar-refractivity contribution in [1.82, 2.24) is 0 Å². The summed E-state index contributed by atoms with van der Waals surface area (Å²) in [6, 6.07) is 3.96. The van der Waals surface area contributed by atoms with Gasteiger partial charge in [0.15, 0.2) is 5.78 Å². The van der Waals surface area contributed by atoms with Crippen LogP contribution in [0.4, 0.5) is 0 Å². The minimum Gasteiger partial charge on any atom is -0.481 e. The lowest BCUT2D eigenvalue weighted by Gasteiger charge is -2.25. The number of rotatable bonds is 3. The van der Waals surface area contributed by atoms with Gasteiger partial charge in [0, 0.05) is 11.5 Å². The van der Waals surface area contributed by atoms with Gasteiger partial charge in [-0.15, -0.1) is 0 Å². The maximum atomic E-state index is 12.8. The van der Waals surface area contributed by atoms with Crippen LogP contribution in [-0.2, 0) is 4.79 Å². The van der Waals surface area contributed by atoms with Gasteiger partial charge in [0.25, 0.3) is 0 Å². The molecule has 0 aromatic heterocycles. The number of aliphatic carboxylic acids is 1. The van der Waals surface area contributed by atoms with Crippen molar-refractivity contribution in [2.45, 2.75) is 33.6 Å². The van der Waals surface area contributed by atoms with Gasteiger partial charge in [0.05, 0.1) is 5.92 Å². The third-order valence-corrected chi connectivity index (χ3v) is 4.01. The zero-order chi connectivity index (χ0) is 14.9. The molecule has 2 rings (SSSR count). The third-order valence-electron chi connectivity index (χ3n) is 4.01. The van der Waals surface area contributed by atoms with E-state index in [0.29, 0.717) is 18.4 Å². The van der Waals surface area contributed by atoms with Crippen LogP contribution in [0.1, 0.15) is 39.9 Å².